The van der Waals surface area contributed by atoms with Crippen molar-refractivity contribution in [2.75, 3.05) is 29.4 Å². The van der Waals surface area contributed by atoms with Crippen LogP contribution in [-0.2, 0) is 11.3 Å². The highest BCUT2D eigenvalue weighted by molar-refractivity contribution is 5.96. The van der Waals surface area contributed by atoms with Gasteiger partial charge in [0, 0.05) is 50.0 Å². The van der Waals surface area contributed by atoms with Gasteiger partial charge in [-0.3, -0.25) is 9.59 Å². The van der Waals surface area contributed by atoms with Crippen LogP contribution in [0.1, 0.15) is 60.9 Å². The molecule has 2 fully saturated rings. The molecule has 0 saturated carbocycles. The summed E-state index contributed by atoms with van der Waals surface area (Å²) < 4.78 is 0. The summed E-state index contributed by atoms with van der Waals surface area (Å²) in [6, 6.07) is 11.3. The third-order valence-electron chi connectivity index (χ3n) is 5.96. The van der Waals surface area contributed by atoms with Crippen molar-refractivity contribution in [3.8, 4) is 0 Å². The molecule has 2 amide bonds. The zero-order valence-electron chi connectivity index (χ0n) is 17.5. The van der Waals surface area contributed by atoms with Gasteiger partial charge in [0.25, 0.3) is 5.91 Å². The highest BCUT2D eigenvalue weighted by Crippen LogP contribution is 2.22. The van der Waals surface area contributed by atoms with E-state index in [1.54, 1.807) is 12.1 Å². The lowest BCUT2D eigenvalue weighted by atomic mass is 10.1. The number of nitrogens with one attached hydrogen (secondary N) is 1. The Morgan fingerprint density at radius 1 is 0.933 bits per heavy atom. The summed E-state index contributed by atoms with van der Waals surface area (Å²) in [7, 11) is 0. The maximum atomic E-state index is 12.6. The van der Waals surface area contributed by atoms with Gasteiger partial charge in [-0.05, 0) is 67.6 Å². The molecule has 6 nitrogen and oxygen atoms in total. The van der Waals surface area contributed by atoms with Gasteiger partial charge in [0.15, 0.2) is 0 Å². The molecule has 1 N–H and O–H groups in total. The minimum atomic E-state index is -0.111. The number of carbonyl (C=O) groups is 2. The van der Waals surface area contributed by atoms with Crippen LogP contribution >= 0.6 is 0 Å². The van der Waals surface area contributed by atoms with Gasteiger partial charge in [0.05, 0.1) is 0 Å². The average Bonchev–Trinajstić information content (AvgIpc) is 3.08. The molecule has 158 valence electrons. The summed E-state index contributed by atoms with van der Waals surface area (Å²) in [6.45, 7) is 3.32. The number of pyridine rings is 1. The molecular weight excluding hydrogens is 376 g/mol. The van der Waals surface area contributed by atoms with Crippen LogP contribution in [0.2, 0.25) is 0 Å². The molecule has 4 rings (SSSR count). The van der Waals surface area contributed by atoms with Crippen molar-refractivity contribution in [3.05, 3.63) is 53.7 Å². The lowest BCUT2D eigenvalue weighted by molar-refractivity contribution is -0.119. The summed E-state index contributed by atoms with van der Waals surface area (Å²) in [5.41, 5.74) is 2.52. The van der Waals surface area contributed by atoms with Gasteiger partial charge in [-0.15, -0.1) is 0 Å². The van der Waals surface area contributed by atoms with Gasteiger partial charge in [0.2, 0.25) is 5.91 Å². The summed E-state index contributed by atoms with van der Waals surface area (Å²) in [5, 5.41) is 3.00. The molecular formula is C24H30N4O2. The summed E-state index contributed by atoms with van der Waals surface area (Å²) >= 11 is 0. The second-order valence-corrected chi connectivity index (χ2v) is 8.16. The van der Waals surface area contributed by atoms with Gasteiger partial charge in [-0.25, -0.2) is 4.98 Å². The van der Waals surface area contributed by atoms with Gasteiger partial charge < -0.3 is 15.1 Å². The van der Waals surface area contributed by atoms with E-state index in [-0.39, 0.29) is 11.8 Å². The first-order valence-electron chi connectivity index (χ1n) is 11.1. The second kappa shape index (κ2) is 9.74. The lowest BCUT2D eigenvalue weighted by Gasteiger charge is -2.26. The maximum Gasteiger partial charge on any atom is 0.251 e. The van der Waals surface area contributed by atoms with E-state index in [2.05, 4.69) is 21.3 Å². The van der Waals surface area contributed by atoms with Gasteiger partial charge in [0.1, 0.15) is 5.82 Å². The van der Waals surface area contributed by atoms with E-state index in [0.29, 0.717) is 18.5 Å². The summed E-state index contributed by atoms with van der Waals surface area (Å²) in [4.78, 5) is 33.3. The van der Waals surface area contributed by atoms with Crippen LogP contribution in [0.25, 0.3) is 0 Å². The number of carbonyl (C=O) groups excluding carboxylic acids is 2. The number of nitrogens with zero attached hydrogens (tertiary/aromatic N) is 3. The Morgan fingerprint density at radius 3 is 2.40 bits per heavy atom. The first-order chi connectivity index (χ1) is 14.7. The Morgan fingerprint density at radius 2 is 1.67 bits per heavy atom. The molecule has 0 spiro atoms. The van der Waals surface area contributed by atoms with E-state index in [4.69, 9.17) is 0 Å². The van der Waals surface area contributed by atoms with Crippen molar-refractivity contribution in [1.82, 2.24) is 10.3 Å². The fraction of sp³-hybridized carbons (Fsp3) is 0.458. The molecule has 0 atom stereocenters. The largest absolute Gasteiger partial charge is 0.357 e. The lowest BCUT2D eigenvalue weighted by Crippen LogP contribution is -2.35. The van der Waals surface area contributed by atoms with Gasteiger partial charge >= 0.3 is 0 Å². The van der Waals surface area contributed by atoms with E-state index in [0.717, 1.165) is 49.5 Å². The zero-order valence-corrected chi connectivity index (χ0v) is 17.5. The third-order valence-corrected chi connectivity index (χ3v) is 5.96. The molecule has 1 aromatic carbocycles. The molecule has 2 aliphatic rings. The number of benzene rings is 1. The predicted molar refractivity (Wildman–Crippen MR) is 119 cm³/mol. The van der Waals surface area contributed by atoms with E-state index in [1.165, 1.54) is 25.7 Å². The van der Waals surface area contributed by atoms with Crippen molar-refractivity contribution in [2.45, 2.75) is 51.5 Å². The highest BCUT2D eigenvalue weighted by atomic mass is 16.2. The van der Waals surface area contributed by atoms with Crippen molar-refractivity contribution in [3.63, 3.8) is 0 Å². The van der Waals surface area contributed by atoms with Crippen LogP contribution in [0.3, 0.4) is 0 Å². The van der Waals surface area contributed by atoms with Crippen molar-refractivity contribution in [2.24, 2.45) is 0 Å². The molecule has 30 heavy (non-hydrogen) atoms. The smallest absolute Gasteiger partial charge is 0.251 e. The molecule has 0 radical (unpaired) electrons. The Labute approximate surface area is 178 Å². The monoisotopic (exact) mass is 406 g/mol. The number of aromatic nitrogens is 1. The molecule has 6 heteroatoms. The minimum Gasteiger partial charge on any atom is -0.357 e. The van der Waals surface area contributed by atoms with Crippen molar-refractivity contribution in [1.29, 1.82) is 0 Å². The fourth-order valence-electron chi connectivity index (χ4n) is 4.20. The van der Waals surface area contributed by atoms with Gasteiger partial charge in [-0.2, -0.15) is 0 Å². The Bertz CT molecular complexity index is 873. The molecule has 2 aliphatic heterocycles. The Hall–Kier alpha value is -2.89. The number of hydrogen-bond donors (Lipinski definition) is 1. The number of hydrogen-bond acceptors (Lipinski definition) is 4. The molecule has 3 heterocycles. The third kappa shape index (κ3) is 4.99. The van der Waals surface area contributed by atoms with Crippen LogP contribution in [0.5, 0.6) is 0 Å². The molecule has 0 bridgehead atoms. The topological polar surface area (TPSA) is 65.5 Å². The molecule has 2 saturated heterocycles. The molecule has 1 aromatic heterocycles. The molecule has 0 unspecified atom stereocenters. The SMILES string of the molecule is O=C(NCc1ccnc(N2CCCCCC2)c1)c1ccc(N2CCCCC2=O)cc1. The van der Waals surface area contributed by atoms with Crippen LogP contribution in [0.4, 0.5) is 11.5 Å². The molecule has 0 aliphatic carbocycles. The first kappa shape index (κ1) is 20.4. The number of piperidine rings is 1. The average molecular weight is 407 g/mol. The van der Waals surface area contributed by atoms with E-state index in [9.17, 15) is 9.59 Å². The minimum absolute atomic E-state index is 0.111. The predicted octanol–water partition coefficient (Wildman–Crippen LogP) is 3.91. The Balaban J connectivity index is 1.35. The zero-order chi connectivity index (χ0) is 20.8. The van der Waals surface area contributed by atoms with E-state index >= 15 is 0 Å². The van der Waals surface area contributed by atoms with Crippen molar-refractivity contribution < 1.29 is 9.59 Å². The van der Waals surface area contributed by atoms with Crippen molar-refractivity contribution >= 4 is 23.3 Å². The van der Waals surface area contributed by atoms with E-state index < -0.39 is 0 Å². The highest BCUT2D eigenvalue weighted by Gasteiger charge is 2.19. The standard InChI is InChI=1S/C24H30N4O2/c29-23-7-3-6-16-28(23)21-10-8-20(9-11-21)24(30)26-18-19-12-13-25-22(17-19)27-14-4-1-2-5-15-27/h8-13,17H,1-7,14-16,18H2,(H,26,30). The summed E-state index contributed by atoms with van der Waals surface area (Å²) in [5.74, 6) is 1.05. The van der Waals surface area contributed by atoms with Crippen LogP contribution < -0.4 is 15.1 Å². The maximum absolute atomic E-state index is 12.6. The Kier molecular flexibility index (Phi) is 6.62. The number of rotatable bonds is 5. The fourth-order valence-corrected chi connectivity index (χ4v) is 4.20. The quantitative estimate of drug-likeness (QED) is 0.818. The molecule has 2 aromatic rings. The first-order valence-corrected chi connectivity index (χ1v) is 11.1. The van der Waals surface area contributed by atoms with Crippen LogP contribution in [-0.4, -0.2) is 36.4 Å². The van der Waals surface area contributed by atoms with Crippen LogP contribution in [0.15, 0.2) is 42.6 Å². The van der Waals surface area contributed by atoms with E-state index in [1.807, 2.05) is 29.3 Å². The van der Waals surface area contributed by atoms with Crippen LogP contribution in [0, 0.1) is 0 Å². The van der Waals surface area contributed by atoms with Gasteiger partial charge in [-0.1, -0.05) is 12.8 Å². The second-order valence-electron chi connectivity index (χ2n) is 8.16. The summed E-state index contributed by atoms with van der Waals surface area (Å²) in [6.07, 6.45) is 9.42. The number of amides is 2. The number of anilines is 2. The normalized spacial score (nSPS) is 17.5.